The predicted octanol–water partition coefficient (Wildman–Crippen LogP) is 7.71. The van der Waals surface area contributed by atoms with Crippen LogP contribution in [-0.4, -0.2) is 44.3 Å². The molecule has 0 saturated carbocycles. The Morgan fingerprint density at radius 3 is 2.13 bits per heavy atom. The largest absolute Gasteiger partial charge is 0.354 e. The Labute approximate surface area is 286 Å². The first-order chi connectivity index (χ1) is 22.0. The van der Waals surface area contributed by atoms with Crippen molar-refractivity contribution in [2.75, 3.05) is 17.4 Å². The Kier molecular flexibility index (Phi) is 12.5. The second-order valence-corrected chi connectivity index (χ2v) is 14.1. The number of unbranched alkanes of at least 4 members (excludes halogenated alkanes) is 1. The Hall–Kier alpha value is -3.56. The van der Waals surface area contributed by atoms with E-state index in [2.05, 4.69) is 5.32 Å². The Morgan fingerprint density at radius 2 is 1.50 bits per heavy atom. The topological polar surface area (TPSA) is 86.8 Å². The first-order valence-electron chi connectivity index (χ1n) is 14.9. The fourth-order valence-corrected chi connectivity index (χ4v) is 6.88. The Morgan fingerprint density at radius 1 is 0.848 bits per heavy atom. The van der Waals surface area contributed by atoms with Gasteiger partial charge in [0.05, 0.1) is 10.6 Å². The number of nitrogens with one attached hydrogen (secondary N) is 1. The van der Waals surface area contributed by atoms with Crippen molar-refractivity contribution >= 4 is 62.3 Å². The number of rotatable bonds is 14. The molecule has 0 heterocycles. The van der Waals surface area contributed by atoms with E-state index in [-0.39, 0.29) is 23.8 Å². The highest BCUT2D eigenvalue weighted by molar-refractivity contribution is 7.92. The van der Waals surface area contributed by atoms with Crippen molar-refractivity contribution in [2.24, 2.45) is 0 Å². The summed E-state index contributed by atoms with van der Waals surface area (Å²) in [5, 5.41) is 4.09. The lowest BCUT2D eigenvalue weighted by Crippen LogP contribution is -2.53. The maximum Gasteiger partial charge on any atom is 0.264 e. The molecule has 0 aliphatic heterocycles. The van der Waals surface area contributed by atoms with Crippen LogP contribution in [0.15, 0.2) is 102 Å². The lowest BCUT2D eigenvalue weighted by Gasteiger charge is -2.34. The summed E-state index contributed by atoms with van der Waals surface area (Å²) in [4.78, 5) is 29.7. The first-order valence-corrected chi connectivity index (χ1v) is 17.5. The number of hydrogen-bond donors (Lipinski definition) is 1. The first kappa shape index (κ1) is 35.3. The molecular formula is C35H36Cl3N3O4S. The van der Waals surface area contributed by atoms with Crippen LogP contribution in [0.1, 0.15) is 36.5 Å². The lowest BCUT2D eigenvalue weighted by atomic mass is 10.0. The molecule has 7 nitrogen and oxygen atoms in total. The number of nitrogens with zero attached hydrogens (tertiary/aromatic N) is 2. The van der Waals surface area contributed by atoms with E-state index in [0.29, 0.717) is 32.9 Å². The summed E-state index contributed by atoms with van der Waals surface area (Å²) >= 11 is 18.8. The van der Waals surface area contributed by atoms with Gasteiger partial charge in [0.1, 0.15) is 12.6 Å². The van der Waals surface area contributed by atoms with Gasteiger partial charge in [0.15, 0.2) is 0 Å². The van der Waals surface area contributed by atoms with Crippen LogP contribution in [0.2, 0.25) is 15.1 Å². The van der Waals surface area contributed by atoms with Gasteiger partial charge < -0.3 is 10.2 Å². The third-order valence-electron chi connectivity index (χ3n) is 7.46. The van der Waals surface area contributed by atoms with Gasteiger partial charge in [-0.05, 0) is 73.0 Å². The van der Waals surface area contributed by atoms with Crippen LogP contribution >= 0.6 is 34.8 Å². The molecule has 46 heavy (non-hydrogen) atoms. The van der Waals surface area contributed by atoms with Gasteiger partial charge in [-0.1, -0.05) is 102 Å². The highest BCUT2D eigenvalue weighted by atomic mass is 35.5. The average molecular weight is 701 g/mol. The summed E-state index contributed by atoms with van der Waals surface area (Å²) in [6.45, 7) is 3.70. The van der Waals surface area contributed by atoms with Gasteiger partial charge in [0.2, 0.25) is 11.8 Å². The fourth-order valence-electron chi connectivity index (χ4n) is 4.87. The van der Waals surface area contributed by atoms with E-state index in [4.69, 9.17) is 34.8 Å². The van der Waals surface area contributed by atoms with Gasteiger partial charge in [0.25, 0.3) is 10.0 Å². The van der Waals surface area contributed by atoms with Gasteiger partial charge in [-0.3, -0.25) is 13.9 Å². The summed E-state index contributed by atoms with van der Waals surface area (Å²) in [6.07, 6.45) is 1.84. The Bertz CT molecular complexity index is 1740. The number of halogens is 3. The molecule has 4 aromatic rings. The molecule has 0 aromatic heterocycles. The van der Waals surface area contributed by atoms with Gasteiger partial charge in [-0.2, -0.15) is 0 Å². The number of anilines is 1. The zero-order valence-electron chi connectivity index (χ0n) is 25.6. The van der Waals surface area contributed by atoms with E-state index < -0.39 is 28.5 Å². The van der Waals surface area contributed by atoms with Crippen molar-refractivity contribution in [2.45, 2.75) is 50.6 Å². The Balaban J connectivity index is 1.80. The maximum absolute atomic E-state index is 14.5. The molecular weight excluding hydrogens is 665 g/mol. The van der Waals surface area contributed by atoms with E-state index in [9.17, 15) is 18.0 Å². The molecule has 0 unspecified atom stereocenters. The summed E-state index contributed by atoms with van der Waals surface area (Å²) in [6, 6.07) is 25.9. The van der Waals surface area contributed by atoms with Crippen molar-refractivity contribution in [3.05, 3.63) is 129 Å². The molecule has 0 aliphatic rings. The fraction of sp³-hybridized carbons (Fsp3) is 0.257. The number of aryl methyl sites for hydroxylation is 1. The summed E-state index contributed by atoms with van der Waals surface area (Å²) in [5.41, 5.74) is 2.61. The van der Waals surface area contributed by atoms with Crippen LogP contribution in [-0.2, 0) is 32.6 Å². The van der Waals surface area contributed by atoms with Crippen molar-refractivity contribution in [1.29, 1.82) is 0 Å². The van der Waals surface area contributed by atoms with E-state index in [0.717, 1.165) is 28.3 Å². The number of carbonyl (C=O) groups is 2. The van der Waals surface area contributed by atoms with Crippen molar-refractivity contribution in [3.63, 3.8) is 0 Å². The molecule has 0 spiro atoms. The maximum atomic E-state index is 14.5. The monoisotopic (exact) mass is 699 g/mol. The predicted molar refractivity (Wildman–Crippen MR) is 186 cm³/mol. The number of carbonyl (C=O) groups excluding carboxylic acids is 2. The van der Waals surface area contributed by atoms with Crippen molar-refractivity contribution in [1.82, 2.24) is 10.2 Å². The number of hydrogen-bond acceptors (Lipinski definition) is 4. The summed E-state index contributed by atoms with van der Waals surface area (Å²) in [7, 11) is -4.24. The van der Waals surface area contributed by atoms with E-state index in [1.165, 1.54) is 29.2 Å². The number of benzene rings is 4. The molecule has 0 fully saturated rings. The molecule has 0 bridgehead atoms. The highest BCUT2D eigenvalue weighted by Crippen LogP contribution is 2.28. The zero-order chi connectivity index (χ0) is 33.3. The molecule has 4 aromatic carbocycles. The van der Waals surface area contributed by atoms with E-state index >= 15 is 0 Å². The van der Waals surface area contributed by atoms with Gasteiger partial charge in [-0.15, -0.1) is 0 Å². The second-order valence-electron chi connectivity index (χ2n) is 10.9. The normalized spacial score (nSPS) is 11.9. The van der Waals surface area contributed by atoms with Gasteiger partial charge in [0, 0.05) is 34.6 Å². The molecule has 1 atom stereocenters. The van der Waals surface area contributed by atoms with Gasteiger partial charge >= 0.3 is 0 Å². The molecule has 11 heteroatoms. The van der Waals surface area contributed by atoms with E-state index in [1.54, 1.807) is 42.5 Å². The van der Waals surface area contributed by atoms with E-state index in [1.807, 2.05) is 44.2 Å². The lowest BCUT2D eigenvalue weighted by molar-refractivity contribution is -0.140. The zero-order valence-corrected chi connectivity index (χ0v) is 28.7. The van der Waals surface area contributed by atoms with Crippen LogP contribution in [0.25, 0.3) is 0 Å². The SMILES string of the molecule is CCCCNC(=O)[C@H](Cc1ccccc1)N(Cc1ccc(Cl)cc1Cl)C(=O)CN(c1ccc(C)cc1)S(=O)(=O)c1ccc(Cl)cc1. The molecule has 0 aliphatic carbocycles. The van der Waals surface area contributed by atoms with Crippen molar-refractivity contribution in [3.8, 4) is 0 Å². The third kappa shape index (κ3) is 9.26. The quantitative estimate of drug-likeness (QED) is 0.137. The second kappa shape index (κ2) is 16.3. The minimum Gasteiger partial charge on any atom is -0.354 e. The number of amides is 2. The van der Waals surface area contributed by atoms with Crippen LogP contribution in [0.5, 0.6) is 0 Å². The molecule has 0 saturated heterocycles. The smallest absolute Gasteiger partial charge is 0.264 e. The van der Waals surface area contributed by atoms with Crippen LogP contribution < -0.4 is 9.62 Å². The highest BCUT2D eigenvalue weighted by Gasteiger charge is 2.35. The third-order valence-corrected chi connectivity index (χ3v) is 10.1. The van der Waals surface area contributed by atoms with Crippen LogP contribution in [0.4, 0.5) is 5.69 Å². The van der Waals surface area contributed by atoms with Gasteiger partial charge in [-0.25, -0.2) is 8.42 Å². The van der Waals surface area contributed by atoms with Crippen molar-refractivity contribution < 1.29 is 18.0 Å². The molecule has 1 N–H and O–H groups in total. The standard InChI is InChI=1S/C35H36Cl3N3O4S/c1-3-4-20-39-35(43)33(21-26-8-6-5-7-9-26)40(23-27-12-13-29(37)22-32(27)38)34(42)24-41(30-16-10-25(2)11-17-30)46(44,45)31-18-14-28(36)15-19-31/h5-19,22,33H,3-4,20-21,23-24H2,1-2H3,(H,39,43)/t33-/m0/s1. The number of sulfonamides is 1. The summed E-state index contributed by atoms with van der Waals surface area (Å²) in [5.74, 6) is -0.936. The summed E-state index contributed by atoms with van der Waals surface area (Å²) < 4.78 is 29.3. The van der Waals surface area contributed by atoms with Crippen LogP contribution in [0, 0.1) is 6.92 Å². The average Bonchev–Trinajstić information content (AvgIpc) is 3.03. The van der Waals surface area contributed by atoms with Crippen LogP contribution in [0.3, 0.4) is 0 Å². The minimum absolute atomic E-state index is 0.0317. The molecule has 242 valence electrons. The molecule has 4 rings (SSSR count). The molecule has 0 radical (unpaired) electrons. The minimum atomic E-state index is -4.24. The molecule has 2 amide bonds.